The maximum Gasteiger partial charge on any atom is 0.338 e. The first-order valence-electron chi connectivity index (χ1n) is 10.6. The second-order valence-corrected chi connectivity index (χ2v) is 8.40. The molecule has 2 aliphatic heterocycles. The van der Waals surface area contributed by atoms with E-state index in [9.17, 15) is 14.4 Å². The van der Waals surface area contributed by atoms with Gasteiger partial charge in [0.2, 0.25) is 0 Å². The van der Waals surface area contributed by atoms with Crippen LogP contribution in [0.4, 0.5) is 5.69 Å². The smallest absolute Gasteiger partial charge is 0.338 e. The molecule has 0 N–H and O–H groups in total. The number of rotatable bonds is 7. The quantitative estimate of drug-likeness (QED) is 0.470. The predicted octanol–water partition coefficient (Wildman–Crippen LogP) is 3.46. The summed E-state index contributed by atoms with van der Waals surface area (Å²) in [7, 11) is 0. The molecule has 0 saturated carbocycles. The molecule has 8 heteroatoms. The van der Waals surface area contributed by atoms with Gasteiger partial charge in [-0.1, -0.05) is 36.9 Å². The highest BCUT2D eigenvalue weighted by atomic mass is 32.2. The van der Waals surface area contributed by atoms with Crippen LogP contribution in [0.25, 0.3) is 0 Å². The number of imide groups is 1. The molecular weight excluding hydrogens is 428 g/mol. The lowest BCUT2D eigenvalue weighted by Gasteiger charge is -2.29. The zero-order chi connectivity index (χ0) is 22.5. The molecule has 0 bridgehead atoms. The highest BCUT2D eigenvalue weighted by Gasteiger charge is 2.42. The summed E-state index contributed by atoms with van der Waals surface area (Å²) in [4.78, 5) is 43.3. The third-order valence-electron chi connectivity index (χ3n) is 5.11. The van der Waals surface area contributed by atoms with Crippen LogP contribution in [0.15, 0.2) is 70.1 Å². The maximum atomic E-state index is 13.4. The fourth-order valence-corrected chi connectivity index (χ4v) is 4.54. The number of anilines is 1. The second-order valence-electron chi connectivity index (χ2n) is 7.32. The number of thioether (sulfide) groups is 1. The molecule has 4 rings (SSSR count). The van der Waals surface area contributed by atoms with Crippen molar-refractivity contribution in [2.24, 2.45) is 0 Å². The Morgan fingerprint density at radius 2 is 1.69 bits per heavy atom. The van der Waals surface area contributed by atoms with Crippen LogP contribution in [-0.2, 0) is 19.1 Å². The Balaban J connectivity index is 1.63. The van der Waals surface area contributed by atoms with Crippen molar-refractivity contribution in [2.75, 3.05) is 37.8 Å². The van der Waals surface area contributed by atoms with Crippen LogP contribution in [0.3, 0.4) is 0 Å². The monoisotopic (exact) mass is 452 g/mol. The molecule has 2 amide bonds. The zero-order valence-corrected chi connectivity index (χ0v) is 18.6. The molecule has 7 nitrogen and oxygen atoms in total. The van der Waals surface area contributed by atoms with E-state index in [2.05, 4.69) is 0 Å². The molecule has 2 aliphatic rings. The van der Waals surface area contributed by atoms with Crippen molar-refractivity contribution in [2.45, 2.75) is 18.2 Å². The molecule has 1 fully saturated rings. The van der Waals surface area contributed by atoms with Gasteiger partial charge in [0.25, 0.3) is 11.8 Å². The van der Waals surface area contributed by atoms with E-state index in [0.29, 0.717) is 54.8 Å². The van der Waals surface area contributed by atoms with Gasteiger partial charge in [-0.15, -0.1) is 0 Å². The van der Waals surface area contributed by atoms with Crippen LogP contribution in [0.1, 0.15) is 23.7 Å². The summed E-state index contributed by atoms with van der Waals surface area (Å²) in [5, 5.41) is 0. The van der Waals surface area contributed by atoms with E-state index < -0.39 is 5.97 Å². The maximum absolute atomic E-state index is 13.4. The number of carbonyl (C=O) groups excluding carboxylic acids is 3. The number of nitrogens with zero attached hydrogens (tertiary/aromatic N) is 2. The van der Waals surface area contributed by atoms with Crippen molar-refractivity contribution in [1.29, 1.82) is 0 Å². The largest absolute Gasteiger partial charge is 0.462 e. The van der Waals surface area contributed by atoms with E-state index in [1.807, 2.05) is 42.2 Å². The zero-order valence-electron chi connectivity index (χ0n) is 17.8. The van der Waals surface area contributed by atoms with Gasteiger partial charge in [-0.25, -0.2) is 9.69 Å². The van der Waals surface area contributed by atoms with Gasteiger partial charge in [-0.3, -0.25) is 9.59 Å². The van der Waals surface area contributed by atoms with Crippen LogP contribution in [-0.4, -0.2) is 55.6 Å². The standard InChI is InChI=1S/C24H24N2O5S/c1-2-14-31-24(29)17-8-10-18(11-9-17)26-22(27)20(25-12-15-30-16-13-25)21(23(26)28)32-19-6-4-3-5-7-19/h3-11H,2,12-16H2,1H3. The Kier molecular flexibility index (Phi) is 6.92. The van der Waals surface area contributed by atoms with Crippen LogP contribution >= 0.6 is 11.8 Å². The Hall–Kier alpha value is -3.10. The van der Waals surface area contributed by atoms with Gasteiger partial charge in [0, 0.05) is 18.0 Å². The summed E-state index contributed by atoms with van der Waals surface area (Å²) in [5.74, 6) is -1.16. The molecule has 2 heterocycles. The molecule has 32 heavy (non-hydrogen) atoms. The van der Waals surface area contributed by atoms with E-state index in [-0.39, 0.29) is 11.8 Å². The van der Waals surface area contributed by atoms with Gasteiger partial charge in [0.05, 0.1) is 31.1 Å². The molecule has 2 aromatic rings. The summed E-state index contributed by atoms with van der Waals surface area (Å²) in [6, 6.07) is 15.9. The van der Waals surface area contributed by atoms with Crippen molar-refractivity contribution in [3.8, 4) is 0 Å². The molecule has 0 spiro atoms. The lowest BCUT2D eigenvalue weighted by molar-refractivity contribution is -0.121. The van der Waals surface area contributed by atoms with Crippen LogP contribution in [0.2, 0.25) is 0 Å². The molecule has 0 aromatic heterocycles. The predicted molar refractivity (Wildman–Crippen MR) is 121 cm³/mol. The first-order valence-corrected chi connectivity index (χ1v) is 11.4. The Labute approximate surface area is 191 Å². The summed E-state index contributed by atoms with van der Waals surface area (Å²) < 4.78 is 10.6. The number of carbonyl (C=O) groups is 3. The van der Waals surface area contributed by atoms with E-state index in [4.69, 9.17) is 9.47 Å². The van der Waals surface area contributed by atoms with Crippen LogP contribution in [0.5, 0.6) is 0 Å². The molecule has 1 saturated heterocycles. The van der Waals surface area contributed by atoms with Crippen LogP contribution < -0.4 is 4.90 Å². The number of morpholine rings is 1. The Bertz CT molecular complexity index is 1030. The number of amides is 2. The van der Waals surface area contributed by atoms with Gasteiger partial charge in [0.1, 0.15) is 10.6 Å². The summed E-state index contributed by atoms with van der Waals surface area (Å²) in [6.45, 7) is 4.36. The minimum Gasteiger partial charge on any atom is -0.462 e. The third-order valence-corrected chi connectivity index (χ3v) is 6.19. The number of esters is 1. The molecule has 0 aliphatic carbocycles. The van der Waals surface area contributed by atoms with Gasteiger partial charge in [-0.2, -0.15) is 0 Å². The van der Waals surface area contributed by atoms with E-state index in [1.165, 1.54) is 16.7 Å². The van der Waals surface area contributed by atoms with Crippen molar-refractivity contribution in [3.63, 3.8) is 0 Å². The number of benzene rings is 2. The van der Waals surface area contributed by atoms with Crippen molar-refractivity contribution in [3.05, 3.63) is 70.8 Å². The third kappa shape index (κ3) is 4.56. The van der Waals surface area contributed by atoms with Gasteiger partial charge < -0.3 is 14.4 Å². The molecule has 0 atom stereocenters. The second kappa shape index (κ2) is 10.0. The van der Waals surface area contributed by atoms with Crippen molar-refractivity contribution >= 4 is 35.2 Å². The molecule has 166 valence electrons. The average molecular weight is 453 g/mol. The van der Waals surface area contributed by atoms with E-state index in [1.54, 1.807) is 24.3 Å². The first kappa shape index (κ1) is 22.1. The molecule has 2 aromatic carbocycles. The lowest BCUT2D eigenvalue weighted by atomic mass is 10.2. The highest BCUT2D eigenvalue weighted by molar-refractivity contribution is 8.04. The average Bonchev–Trinajstić information content (AvgIpc) is 3.08. The van der Waals surface area contributed by atoms with Gasteiger partial charge in [0.15, 0.2) is 0 Å². The molecule has 0 unspecified atom stereocenters. The highest BCUT2D eigenvalue weighted by Crippen LogP contribution is 2.38. The Morgan fingerprint density at radius 1 is 1.00 bits per heavy atom. The van der Waals surface area contributed by atoms with Gasteiger partial charge in [-0.05, 0) is 42.8 Å². The number of hydrogen-bond acceptors (Lipinski definition) is 7. The molecule has 0 radical (unpaired) electrons. The first-order chi connectivity index (χ1) is 15.6. The minimum absolute atomic E-state index is 0.344. The van der Waals surface area contributed by atoms with Gasteiger partial charge >= 0.3 is 5.97 Å². The summed E-state index contributed by atoms with van der Waals surface area (Å²) in [6.07, 6.45) is 0.735. The summed E-state index contributed by atoms with van der Waals surface area (Å²) in [5.41, 5.74) is 1.20. The fourth-order valence-electron chi connectivity index (χ4n) is 3.52. The lowest BCUT2D eigenvalue weighted by Crippen LogP contribution is -2.40. The normalized spacial score (nSPS) is 16.7. The van der Waals surface area contributed by atoms with E-state index in [0.717, 1.165) is 11.3 Å². The Morgan fingerprint density at radius 3 is 2.34 bits per heavy atom. The topological polar surface area (TPSA) is 76.2 Å². The SMILES string of the molecule is CCCOC(=O)c1ccc(N2C(=O)C(Sc3ccccc3)=C(N3CCOCC3)C2=O)cc1. The van der Waals surface area contributed by atoms with E-state index >= 15 is 0 Å². The number of ether oxygens (including phenoxy) is 2. The van der Waals surface area contributed by atoms with Crippen LogP contribution in [0, 0.1) is 0 Å². The van der Waals surface area contributed by atoms with Crippen molar-refractivity contribution in [1.82, 2.24) is 4.90 Å². The molecular formula is C24H24N2O5S. The fraction of sp³-hybridized carbons (Fsp3) is 0.292. The number of hydrogen-bond donors (Lipinski definition) is 0. The summed E-state index contributed by atoms with van der Waals surface area (Å²) >= 11 is 1.29. The minimum atomic E-state index is -0.426. The van der Waals surface area contributed by atoms with Crippen molar-refractivity contribution < 1.29 is 23.9 Å².